The molecule has 19 heavy (non-hydrogen) atoms. The molecule has 1 atom stereocenters. The van der Waals surface area contributed by atoms with Gasteiger partial charge in [-0.05, 0) is 42.6 Å². The summed E-state index contributed by atoms with van der Waals surface area (Å²) >= 11 is 0. The molecular formula is C18H24O. The van der Waals surface area contributed by atoms with Crippen LogP contribution in [0.1, 0.15) is 74.2 Å². The molecule has 3 rings (SSSR count). The molecule has 2 aliphatic carbocycles. The predicted octanol–water partition coefficient (Wildman–Crippen LogP) is 4.96. The number of Topliss-reactive ketones (excluding diaryl/α,β-unsaturated/α-hetero) is 1. The van der Waals surface area contributed by atoms with Crippen molar-refractivity contribution in [2.24, 2.45) is 11.3 Å². The van der Waals surface area contributed by atoms with Gasteiger partial charge >= 0.3 is 0 Å². The van der Waals surface area contributed by atoms with Crippen molar-refractivity contribution in [3.63, 3.8) is 0 Å². The van der Waals surface area contributed by atoms with E-state index in [0.29, 0.717) is 5.78 Å². The highest BCUT2D eigenvalue weighted by Gasteiger charge is 2.39. The Labute approximate surface area is 116 Å². The zero-order chi connectivity index (χ0) is 13.5. The van der Waals surface area contributed by atoms with Gasteiger partial charge in [0.25, 0.3) is 0 Å². The predicted molar refractivity (Wildman–Crippen MR) is 78.5 cm³/mol. The fourth-order valence-electron chi connectivity index (χ4n) is 3.68. The molecule has 0 aromatic heterocycles. The fraction of sp³-hybridized carbons (Fsp3) is 0.611. The van der Waals surface area contributed by atoms with Crippen LogP contribution in [-0.2, 0) is 0 Å². The summed E-state index contributed by atoms with van der Waals surface area (Å²) in [4.78, 5) is 12.6. The van der Waals surface area contributed by atoms with Gasteiger partial charge in [0.2, 0.25) is 0 Å². The number of ketones is 1. The van der Waals surface area contributed by atoms with Crippen LogP contribution in [0.15, 0.2) is 24.3 Å². The maximum absolute atomic E-state index is 12.6. The Balaban J connectivity index is 1.76. The summed E-state index contributed by atoms with van der Waals surface area (Å²) in [6.45, 7) is 4.48. The highest BCUT2D eigenvalue weighted by molar-refractivity contribution is 5.98. The minimum Gasteiger partial charge on any atom is -0.294 e. The van der Waals surface area contributed by atoms with Crippen molar-refractivity contribution >= 4 is 5.78 Å². The number of hydrogen-bond acceptors (Lipinski definition) is 1. The second-order valence-corrected chi connectivity index (χ2v) is 7.05. The summed E-state index contributed by atoms with van der Waals surface area (Å²) in [5.74, 6) is 1.34. The van der Waals surface area contributed by atoms with E-state index >= 15 is 0 Å². The van der Waals surface area contributed by atoms with Crippen molar-refractivity contribution in [2.75, 3.05) is 0 Å². The summed E-state index contributed by atoms with van der Waals surface area (Å²) in [5, 5.41) is 0. The highest BCUT2D eigenvalue weighted by Crippen LogP contribution is 2.44. The third kappa shape index (κ3) is 2.35. The van der Waals surface area contributed by atoms with Gasteiger partial charge in [-0.1, -0.05) is 51.0 Å². The van der Waals surface area contributed by atoms with E-state index in [1.807, 2.05) is 0 Å². The van der Waals surface area contributed by atoms with Crippen molar-refractivity contribution < 1.29 is 4.79 Å². The minimum absolute atomic E-state index is 0.184. The molecule has 1 unspecified atom stereocenters. The molecule has 1 heteroatoms. The Morgan fingerprint density at radius 3 is 2.21 bits per heavy atom. The lowest BCUT2D eigenvalue weighted by Gasteiger charge is -2.27. The summed E-state index contributed by atoms with van der Waals surface area (Å²) < 4.78 is 0. The quantitative estimate of drug-likeness (QED) is 0.698. The Morgan fingerprint density at radius 2 is 1.74 bits per heavy atom. The van der Waals surface area contributed by atoms with E-state index in [9.17, 15) is 4.79 Å². The number of carbonyl (C=O) groups excluding carboxylic acids is 1. The molecule has 1 nitrogen and oxygen atoms in total. The van der Waals surface area contributed by atoms with Crippen LogP contribution in [0, 0.1) is 11.3 Å². The number of hydrogen-bond donors (Lipinski definition) is 0. The lowest BCUT2D eigenvalue weighted by Crippen LogP contribution is -2.25. The van der Waals surface area contributed by atoms with Crippen LogP contribution < -0.4 is 0 Å². The van der Waals surface area contributed by atoms with E-state index in [1.54, 1.807) is 0 Å². The Kier molecular flexibility index (Phi) is 3.24. The van der Waals surface area contributed by atoms with Gasteiger partial charge in [-0.2, -0.15) is 0 Å². The lowest BCUT2D eigenvalue weighted by atomic mass is 9.77. The molecule has 0 bridgehead atoms. The van der Waals surface area contributed by atoms with Crippen LogP contribution in [0.3, 0.4) is 0 Å². The maximum Gasteiger partial charge on any atom is 0.166 e. The monoisotopic (exact) mass is 256 g/mol. The third-order valence-corrected chi connectivity index (χ3v) is 5.35. The molecule has 0 heterocycles. The summed E-state index contributed by atoms with van der Waals surface area (Å²) in [7, 11) is 0. The first-order valence-electron chi connectivity index (χ1n) is 7.72. The Hall–Kier alpha value is -1.11. The minimum atomic E-state index is 0.184. The Morgan fingerprint density at radius 1 is 1.05 bits per heavy atom. The number of carbonyl (C=O) groups is 1. The van der Waals surface area contributed by atoms with Crippen molar-refractivity contribution in [3.8, 4) is 0 Å². The van der Waals surface area contributed by atoms with Crippen molar-refractivity contribution in [3.05, 3.63) is 35.4 Å². The second kappa shape index (κ2) is 4.77. The molecule has 2 aliphatic rings. The van der Waals surface area contributed by atoms with Gasteiger partial charge in [0, 0.05) is 11.5 Å². The SMILES string of the molecule is CC1(C)CCCC1C(=O)c1ccc(C2CCC2)cc1. The van der Waals surface area contributed by atoms with Crippen LogP contribution in [0.4, 0.5) is 0 Å². The molecule has 0 saturated heterocycles. The molecule has 0 radical (unpaired) electrons. The molecule has 2 fully saturated rings. The van der Waals surface area contributed by atoms with Gasteiger partial charge in [0.15, 0.2) is 5.78 Å². The molecule has 0 amide bonds. The van der Waals surface area contributed by atoms with Crippen LogP contribution in [-0.4, -0.2) is 5.78 Å². The molecule has 1 aromatic carbocycles. The van der Waals surface area contributed by atoms with Crippen LogP contribution >= 0.6 is 0 Å². The van der Waals surface area contributed by atoms with E-state index in [0.717, 1.165) is 17.9 Å². The van der Waals surface area contributed by atoms with Gasteiger partial charge in [0.1, 0.15) is 0 Å². The van der Waals surface area contributed by atoms with Crippen molar-refractivity contribution in [1.82, 2.24) is 0 Å². The average Bonchev–Trinajstić information content (AvgIpc) is 2.67. The molecular weight excluding hydrogens is 232 g/mol. The smallest absolute Gasteiger partial charge is 0.166 e. The van der Waals surface area contributed by atoms with Crippen molar-refractivity contribution in [2.45, 2.75) is 58.3 Å². The number of benzene rings is 1. The fourth-order valence-corrected chi connectivity index (χ4v) is 3.68. The van der Waals surface area contributed by atoms with Crippen LogP contribution in [0.5, 0.6) is 0 Å². The lowest BCUT2D eigenvalue weighted by molar-refractivity contribution is 0.0839. The van der Waals surface area contributed by atoms with E-state index in [1.165, 1.54) is 37.7 Å². The van der Waals surface area contributed by atoms with Crippen LogP contribution in [0.25, 0.3) is 0 Å². The topological polar surface area (TPSA) is 17.1 Å². The summed E-state index contributed by atoms with van der Waals surface area (Å²) in [5.41, 5.74) is 2.53. The molecule has 0 spiro atoms. The van der Waals surface area contributed by atoms with E-state index < -0.39 is 0 Å². The normalized spacial score (nSPS) is 26.1. The third-order valence-electron chi connectivity index (χ3n) is 5.35. The first kappa shape index (κ1) is 12.9. The zero-order valence-electron chi connectivity index (χ0n) is 12.1. The van der Waals surface area contributed by atoms with Gasteiger partial charge in [-0.25, -0.2) is 0 Å². The van der Waals surface area contributed by atoms with E-state index in [2.05, 4.69) is 38.1 Å². The van der Waals surface area contributed by atoms with Crippen LogP contribution in [0.2, 0.25) is 0 Å². The maximum atomic E-state index is 12.6. The van der Waals surface area contributed by atoms with Crippen molar-refractivity contribution in [1.29, 1.82) is 0 Å². The van der Waals surface area contributed by atoms with Gasteiger partial charge < -0.3 is 0 Å². The van der Waals surface area contributed by atoms with E-state index in [4.69, 9.17) is 0 Å². The molecule has 0 N–H and O–H groups in total. The van der Waals surface area contributed by atoms with E-state index in [-0.39, 0.29) is 11.3 Å². The molecule has 1 aromatic rings. The standard InChI is InChI=1S/C18H24O/c1-18(2)12-4-7-16(18)17(19)15-10-8-14(9-11-15)13-5-3-6-13/h8-11,13,16H,3-7,12H2,1-2H3. The average molecular weight is 256 g/mol. The number of rotatable bonds is 3. The molecule has 102 valence electrons. The Bertz CT molecular complexity index is 465. The summed E-state index contributed by atoms with van der Waals surface area (Å²) in [6.07, 6.45) is 7.46. The van der Waals surface area contributed by atoms with Gasteiger partial charge in [-0.15, -0.1) is 0 Å². The summed E-state index contributed by atoms with van der Waals surface area (Å²) in [6, 6.07) is 8.48. The second-order valence-electron chi connectivity index (χ2n) is 7.05. The van der Waals surface area contributed by atoms with Gasteiger partial charge in [-0.3, -0.25) is 4.79 Å². The molecule has 2 saturated carbocycles. The zero-order valence-corrected chi connectivity index (χ0v) is 12.1. The van der Waals surface area contributed by atoms with Gasteiger partial charge in [0.05, 0.1) is 0 Å². The largest absolute Gasteiger partial charge is 0.294 e. The highest BCUT2D eigenvalue weighted by atomic mass is 16.1. The first-order valence-corrected chi connectivity index (χ1v) is 7.72. The molecule has 0 aliphatic heterocycles. The first-order chi connectivity index (χ1) is 9.08.